The Balaban J connectivity index is 2.29. The fourth-order valence-electron chi connectivity index (χ4n) is 1.61. The maximum absolute atomic E-state index is 11.2. The Kier molecular flexibility index (Phi) is 3.52. The Morgan fingerprint density at radius 3 is 2.94 bits per heavy atom. The number of benzene rings is 1. The lowest BCUT2D eigenvalue weighted by Gasteiger charge is -2.04. The SMILES string of the molecule is COC(=O)Cc1cccc(-c2ccnc(N)n2)c1. The zero-order valence-electron chi connectivity index (χ0n) is 9.96. The lowest BCUT2D eigenvalue weighted by molar-refractivity contribution is -0.139. The van der Waals surface area contributed by atoms with Crippen LogP contribution in [-0.4, -0.2) is 23.0 Å². The Morgan fingerprint density at radius 1 is 1.39 bits per heavy atom. The fraction of sp³-hybridized carbons (Fsp3) is 0.154. The minimum Gasteiger partial charge on any atom is -0.469 e. The Morgan fingerprint density at radius 2 is 2.22 bits per heavy atom. The van der Waals surface area contributed by atoms with Crippen LogP contribution in [0.3, 0.4) is 0 Å². The van der Waals surface area contributed by atoms with Crippen LogP contribution in [0, 0.1) is 0 Å². The van der Waals surface area contributed by atoms with Gasteiger partial charge in [-0.3, -0.25) is 4.79 Å². The lowest BCUT2D eigenvalue weighted by atomic mass is 10.1. The summed E-state index contributed by atoms with van der Waals surface area (Å²) in [7, 11) is 1.37. The van der Waals surface area contributed by atoms with Crippen molar-refractivity contribution in [2.45, 2.75) is 6.42 Å². The van der Waals surface area contributed by atoms with Gasteiger partial charge in [0.25, 0.3) is 0 Å². The van der Waals surface area contributed by atoms with E-state index >= 15 is 0 Å². The molecule has 1 heterocycles. The van der Waals surface area contributed by atoms with Crippen LogP contribution < -0.4 is 5.73 Å². The molecular weight excluding hydrogens is 230 g/mol. The molecule has 0 aliphatic rings. The van der Waals surface area contributed by atoms with Crippen LogP contribution in [0.1, 0.15) is 5.56 Å². The van der Waals surface area contributed by atoms with Crippen molar-refractivity contribution < 1.29 is 9.53 Å². The summed E-state index contributed by atoms with van der Waals surface area (Å²) in [6.45, 7) is 0. The van der Waals surface area contributed by atoms with Gasteiger partial charge >= 0.3 is 5.97 Å². The molecule has 5 heteroatoms. The number of methoxy groups -OCH3 is 1. The first kappa shape index (κ1) is 12.0. The molecule has 2 N–H and O–H groups in total. The molecule has 2 rings (SSSR count). The van der Waals surface area contributed by atoms with E-state index in [0.717, 1.165) is 16.8 Å². The van der Waals surface area contributed by atoms with Crippen molar-refractivity contribution in [2.75, 3.05) is 12.8 Å². The highest BCUT2D eigenvalue weighted by atomic mass is 16.5. The predicted molar refractivity (Wildman–Crippen MR) is 67.6 cm³/mol. The van der Waals surface area contributed by atoms with Crippen LogP contribution in [-0.2, 0) is 16.0 Å². The van der Waals surface area contributed by atoms with Crippen molar-refractivity contribution in [1.82, 2.24) is 9.97 Å². The first-order valence-corrected chi connectivity index (χ1v) is 5.43. The van der Waals surface area contributed by atoms with Crippen LogP contribution in [0.5, 0.6) is 0 Å². The van der Waals surface area contributed by atoms with Crippen molar-refractivity contribution in [2.24, 2.45) is 0 Å². The van der Waals surface area contributed by atoms with E-state index in [0.29, 0.717) is 0 Å². The second kappa shape index (κ2) is 5.27. The number of rotatable bonds is 3. The van der Waals surface area contributed by atoms with Crippen molar-refractivity contribution in [3.63, 3.8) is 0 Å². The molecule has 0 radical (unpaired) electrons. The second-order valence-corrected chi connectivity index (χ2v) is 3.75. The number of nitrogens with two attached hydrogens (primary N) is 1. The summed E-state index contributed by atoms with van der Waals surface area (Å²) >= 11 is 0. The highest BCUT2D eigenvalue weighted by Crippen LogP contribution is 2.18. The van der Waals surface area contributed by atoms with Gasteiger partial charge in [0.2, 0.25) is 5.95 Å². The van der Waals surface area contributed by atoms with Crippen LogP contribution >= 0.6 is 0 Å². The van der Waals surface area contributed by atoms with E-state index in [1.54, 1.807) is 12.3 Å². The Bertz CT molecular complexity index is 570. The van der Waals surface area contributed by atoms with Crippen molar-refractivity contribution >= 4 is 11.9 Å². The highest BCUT2D eigenvalue weighted by Gasteiger charge is 2.05. The molecule has 0 unspecified atom stereocenters. The molecule has 2 aromatic rings. The third-order valence-corrected chi connectivity index (χ3v) is 2.47. The van der Waals surface area contributed by atoms with E-state index < -0.39 is 0 Å². The molecule has 0 fully saturated rings. The zero-order valence-corrected chi connectivity index (χ0v) is 9.96. The van der Waals surface area contributed by atoms with Gasteiger partial charge in [-0.05, 0) is 17.7 Å². The average Bonchev–Trinajstić information content (AvgIpc) is 2.39. The second-order valence-electron chi connectivity index (χ2n) is 3.75. The van der Waals surface area contributed by atoms with Gasteiger partial charge in [0, 0.05) is 11.8 Å². The molecule has 5 nitrogen and oxygen atoms in total. The molecule has 0 amide bonds. The zero-order chi connectivity index (χ0) is 13.0. The maximum Gasteiger partial charge on any atom is 0.309 e. The van der Waals surface area contributed by atoms with Crippen molar-refractivity contribution in [1.29, 1.82) is 0 Å². The number of hydrogen-bond acceptors (Lipinski definition) is 5. The first-order chi connectivity index (χ1) is 8.69. The van der Waals surface area contributed by atoms with Crippen molar-refractivity contribution in [3.05, 3.63) is 42.1 Å². The molecule has 1 aromatic carbocycles. The predicted octanol–water partition coefficient (Wildman–Crippen LogP) is 1.44. The van der Waals surface area contributed by atoms with Gasteiger partial charge in [0.15, 0.2) is 0 Å². The molecule has 0 atom stereocenters. The number of aromatic nitrogens is 2. The van der Waals surface area contributed by atoms with E-state index in [1.807, 2.05) is 24.3 Å². The normalized spacial score (nSPS) is 10.1. The van der Waals surface area contributed by atoms with E-state index in [4.69, 9.17) is 5.73 Å². The topological polar surface area (TPSA) is 78.1 Å². The van der Waals surface area contributed by atoms with Crippen LogP contribution in [0.2, 0.25) is 0 Å². The fourth-order valence-corrected chi connectivity index (χ4v) is 1.61. The number of ether oxygens (including phenoxy) is 1. The van der Waals surface area contributed by atoms with Gasteiger partial charge in [-0.25, -0.2) is 9.97 Å². The lowest BCUT2D eigenvalue weighted by Crippen LogP contribution is -2.04. The van der Waals surface area contributed by atoms with E-state index in [2.05, 4.69) is 14.7 Å². The highest BCUT2D eigenvalue weighted by molar-refractivity contribution is 5.73. The third kappa shape index (κ3) is 2.82. The summed E-state index contributed by atoms with van der Waals surface area (Å²) in [6.07, 6.45) is 1.84. The van der Waals surface area contributed by atoms with Crippen molar-refractivity contribution in [3.8, 4) is 11.3 Å². The number of nitrogen functional groups attached to an aromatic ring is 1. The number of anilines is 1. The largest absolute Gasteiger partial charge is 0.469 e. The van der Waals surface area contributed by atoms with Gasteiger partial charge < -0.3 is 10.5 Å². The van der Waals surface area contributed by atoms with E-state index in [-0.39, 0.29) is 18.3 Å². The maximum atomic E-state index is 11.2. The molecule has 0 bridgehead atoms. The molecule has 0 saturated heterocycles. The molecule has 1 aromatic heterocycles. The first-order valence-electron chi connectivity index (χ1n) is 5.43. The Hall–Kier alpha value is -2.43. The summed E-state index contributed by atoms with van der Waals surface area (Å²) in [5.41, 5.74) is 8.04. The molecule has 0 spiro atoms. The van der Waals surface area contributed by atoms with E-state index in [1.165, 1.54) is 7.11 Å². The molecule has 0 saturated carbocycles. The summed E-state index contributed by atoms with van der Waals surface area (Å²) in [4.78, 5) is 19.2. The molecule has 92 valence electrons. The Labute approximate surface area is 105 Å². The number of carbonyl (C=O) groups is 1. The summed E-state index contributed by atoms with van der Waals surface area (Å²) in [6, 6.07) is 9.30. The summed E-state index contributed by atoms with van der Waals surface area (Å²) < 4.78 is 4.63. The van der Waals surface area contributed by atoms with Gasteiger partial charge in [-0.1, -0.05) is 18.2 Å². The van der Waals surface area contributed by atoms with Crippen LogP contribution in [0.15, 0.2) is 36.5 Å². The minimum atomic E-state index is -0.269. The average molecular weight is 243 g/mol. The number of hydrogen-bond donors (Lipinski definition) is 1. The molecule has 0 aliphatic heterocycles. The minimum absolute atomic E-state index is 0.228. The standard InChI is InChI=1S/C13H13N3O2/c1-18-12(17)8-9-3-2-4-10(7-9)11-5-6-15-13(14)16-11/h2-7H,8H2,1H3,(H2,14,15,16). The summed E-state index contributed by atoms with van der Waals surface area (Å²) in [5.74, 6) is -0.0415. The number of esters is 1. The van der Waals surface area contributed by atoms with Crippen LogP contribution in [0.25, 0.3) is 11.3 Å². The summed E-state index contributed by atoms with van der Waals surface area (Å²) in [5, 5.41) is 0. The molecule has 0 aliphatic carbocycles. The van der Waals surface area contributed by atoms with Gasteiger partial charge in [-0.2, -0.15) is 0 Å². The number of carbonyl (C=O) groups excluding carboxylic acids is 1. The third-order valence-electron chi connectivity index (χ3n) is 2.47. The van der Waals surface area contributed by atoms with E-state index in [9.17, 15) is 4.79 Å². The molecular formula is C13H13N3O2. The monoisotopic (exact) mass is 243 g/mol. The van der Waals surface area contributed by atoms with Gasteiger partial charge in [-0.15, -0.1) is 0 Å². The quantitative estimate of drug-likeness (QED) is 0.825. The molecule has 18 heavy (non-hydrogen) atoms. The van der Waals surface area contributed by atoms with Gasteiger partial charge in [0.1, 0.15) is 0 Å². The van der Waals surface area contributed by atoms with Crippen LogP contribution in [0.4, 0.5) is 5.95 Å². The smallest absolute Gasteiger partial charge is 0.309 e. The number of nitrogens with zero attached hydrogens (tertiary/aromatic N) is 2. The van der Waals surface area contributed by atoms with Gasteiger partial charge in [0.05, 0.1) is 19.2 Å².